The van der Waals surface area contributed by atoms with Gasteiger partial charge in [-0.25, -0.2) is 0 Å². The van der Waals surface area contributed by atoms with Crippen LogP contribution in [0.4, 0.5) is 0 Å². The molecule has 10 heteroatoms. The highest BCUT2D eigenvalue weighted by Gasteiger charge is 2.54. The van der Waals surface area contributed by atoms with Crippen LogP contribution in [0.25, 0.3) is 0 Å². The third kappa shape index (κ3) is 7.05. The number of aliphatic hydroxyl groups is 1. The molecule has 0 bridgehead atoms. The number of amides is 2. The average Bonchev–Trinajstić information content (AvgIpc) is 2.93. The van der Waals surface area contributed by atoms with Crippen molar-refractivity contribution < 1.29 is 23.6 Å². The largest absolute Gasteiger partial charge is 0.457 e. The van der Waals surface area contributed by atoms with Crippen LogP contribution in [0.5, 0.6) is 11.5 Å². The van der Waals surface area contributed by atoms with Crippen molar-refractivity contribution in [1.82, 2.24) is 15.1 Å². The van der Waals surface area contributed by atoms with Crippen LogP contribution in [0.15, 0.2) is 53.4 Å². The lowest BCUT2D eigenvalue weighted by molar-refractivity contribution is -0.165. The maximum absolute atomic E-state index is 13.5. The Kier molecular flexibility index (Phi) is 11.2. The van der Waals surface area contributed by atoms with E-state index in [0.29, 0.717) is 38.2 Å². The maximum atomic E-state index is 13.5. The van der Waals surface area contributed by atoms with Gasteiger partial charge in [-0.15, -0.1) is 12.4 Å². The Balaban J connectivity index is 0.00000441. The zero-order valence-corrected chi connectivity index (χ0v) is 25.4. The SMILES string of the molecule is CCCCN1C(=O)[C@@H]([C@H](O)C(C)C)NC(=O)C12CCN(Cc1ccc(Oc3ccc(S(C)=O)cc3)cc1)CC2.Cl. The lowest BCUT2D eigenvalue weighted by Gasteiger charge is -2.52. The number of piperidine rings is 1. The Morgan fingerprint density at radius 1 is 1.05 bits per heavy atom. The van der Waals surface area contributed by atoms with E-state index in [0.717, 1.165) is 35.6 Å². The number of aliphatic hydroxyl groups excluding tert-OH is 1. The second kappa shape index (κ2) is 13.9. The highest BCUT2D eigenvalue weighted by molar-refractivity contribution is 7.84. The number of carbonyl (C=O) groups excluding carboxylic acids is 2. The number of rotatable bonds is 10. The van der Waals surface area contributed by atoms with Crippen molar-refractivity contribution >= 4 is 35.0 Å². The first-order valence-electron chi connectivity index (χ1n) is 13.9. The van der Waals surface area contributed by atoms with Gasteiger partial charge >= 0.3 is 0 Å². The Hall–Kier alpha value is -2.46. The van der Waals surface area contributed by atoms with Crippen molar-refractivity contribution in [2.45, 2.75) is 75.6 Å². The van der Waals surface area contributed by atoms with Gasteiger partial charge in [-0.2, -0.15) is 0 Å². The molecule has 2 aromatic carbocycles. The van der Waals surface area contributed by atoms with Crippen LogP contribution in [0.1, 0.15) is 52.0 Å². The standard InChI is InChI=1S/C30H41N3O5S.ClH/c1-5-6-17-33-28(35)26(27(34)21(2)3)31-29(36)30(33)15-18-32(19-16-30)20-22-7-9-23(10-8-22)38-24-11-13-25(14-12-24)39(4)37;/h7-14,21,26-27,34H,5-6,15-20H2,1-4H3,(H,31,36);1H/t26-,27-,39?;/m1./s1. The number of carbonyl (C=O) groups is 2. The monoisotopic (exact) mass is 591 g/mol. The van der Waals surface area contributed by atoms with Gasteiger partial charge in [-0.3, -0.25) is 18.7 Å². The lowest BCUT2D eigenvalue weighted by atomic mass is 9.80. The molecule has 4 rings (SSSR count). The molecule has 2 aliphatic heterocycles. The summed E-state index contributed by atoms with van der Waals surface area (Å²) in [6, 6.07) is 14.3. The first kappa shape index (κ1) is 32.1. The summed E-state index contributed by atoms with van der Waals surface area (Å²) in [6.45, 7) is 8.46. The molecule has 0 saturated carbocycles. The first-order chi connectivity index (χ1) is 18.6. The van der Waals surface area contributed by atoms with E-state index in [4.69, 9.17) is 4.74 Å². The molecular formula is C30H42ClN3O5S. The third-order valence-corrected chi connectivity index (χ3v) is 8.86. The number of nitrogens with one attached hydrogen (secondary N) is 1. The summed E-state index contributed by atoms with van der Waals surface area (Å²) in [5.74, 6) is 0.986. The van der Waals surface area contributed by atoms with E-state index in [1.807, 2.05) is 50.2 Å². The van der Waals surface area contributed by atoms with E-state index in [2.05, 4.69) is 17.1 Å². The number of benzene rings is 2. The average molecular weight is 592 g/mol. The van der Waals surface area contributed by atoms with Gasteiger partial charge in [-0.1, -0.05) is 39.3 Å². The molecule has 220 valence electrons. The smallest absolute Gasteiger partial charge is 0.248 e. The van der Waals surface area contributed by atoms with Crippen LogP contribution in [-0.2, 0) is 26.9 Å². The van der Waals surface area contributed by atoms with Crippen molar-refractivity contribution in [2.24, 2.45) is 5.92 Å². The van der Waals surface area contributed by atoms with E-state index in [9.17, 15) is 18.9 Å². The Labute approximate surface area is 246 Å². The molecular weight excluding hydrogens is 550 g/mol. The quantitative estimate of drug-likeness (QED) is 0.431. The van der Waals surface area contributed by atoms with Gasteiger partial charge in [0.1, 0.15) is 23.1 Å². The molecule has 2 N–H and O–H groups in total. The normalized spacial score (nSPS) is 20.6. The van der Waals surface area contributed by atoms with Crippen molar-refractivity contribution in [3.05, 3.63) is 54.1 Å². The van der Waals surface area contributed by atoms with Gasteiger partial charge in [0.05, 0.1) is 6.10 Å². The van der Waals surface area contributed by atoms with Gasteiger partial charge in [0.25, 0.3) is 0 Å². The minimum Gasteiger partial charge on any atom is -0.457 e. The van der Waals surface area contributed by atoms with Crippen LogP contribution < -0.4 is 10.1 Å². The van der Waals surface area contributed by atoms with Gasteiger partial charge in [0.15, 0.2) is 0 Å². The molecule has 2 amide bonds. The minimum absolute atomic E-state index is 0. The number of piperazine rings is 1. The summed E-state index contributed by atoms with van der Waals surface area (Å²) in [5.41, 5.74) is 0.287. The Morgan fingerprint density at radius 2 is 1.62 bits per heavy atom. The van der Waals surface area contributed by atoms with Crippen LogP contribution in [0, 0.1) is 5.92 Å². The van der Waals surface area contributed by atoms with Gasteiger partial charge in [0.2, 0.25) is 11.8 Å². The number of halogens is 1. The van der Waals surface area contributed by atoms with Crippen molar-refractivity contribution in [3.63, 3.8) is 0 Å². The van der Waals surface area contributed by atoms with Crippen LogP contribution in [0.3, 0.4) is 0 Å². The molecule has 2 fully saturated rings. The highest BCUT2D eigenvalue weighted by atomic mass is 35.5. The predicted molar refractivity (Wildman–Crippen MR) is 159 cm³/mol. The molecule has 2 aliphatic rings. The second-order valence-electron chi connectivity index (χ2n) is 11.0. The molecule has 2 saturated heterocycles. The van der Waals surface area contributed by atoms with E-state index in [1.54, 1.807) is 23.3 Å². The number of likely N-dealkylation sites (tertiary alicyclic amines) is 1. The molecule has 2 heterocycles. The van der Waals surface area contributed by atoms with Crippen LogP contribution in [0.2, 0.25) is 0 Å². The Bertz CT molecular complexity index is 1170. The van der Waals surface area contributed by atoms with Gasteiger partial charge in [0, 0.05) is 48.1 Å². The maximum Gasteiger partial charge on any atom is 0.248 e. The molecule has 2 aromatic rings. The molecule has 0 aliphatic carbocycles. The topological polar surface area (TPSA) is 99.2 Å². The molecule has 0 radical (unpaired) electrons. The molecule has 3 atom stereocenters. The molecule has 1 spiro atoms. The highest BCUT2D eigenvalue weighted by Crippen LogP contribution is 2.35. The van der Waals surface area contributed by atoms with Crippen LogP contribution in [-0.4, -0.2) is 74.5 Å². The zero-order valence-electron chi connectivity index (χ0n) is 23.8. The summed E-state index contributed by atoms with van der Waals surface area (Å²) in [6.07, 6.45) is 3.63. The fraction of sp³-hybridized carbons (Fsp3) is 0.533. The van der Waals surface area contributed by atoms with E-state index in [-0.39, 0.29) is 30.1 Å². The van der Waals surface area contributed by atoms with Crippen molar-refractivity contribution in [2.75, 3.05) is 25.9 Å². The molecule has 8 nitrogen and oxygen atoms in total. The summed E-state index contributed by atoms with van der Waals surface area (Å²) >= 11 is 0. The van der Waals surface area contributed by atoms with E-state index >= 15 is 0 Å². The fourth-order valence-electron chi connectivity index (χ4n) is 5.43. The zero-order chi connectivity index (χ0) is 28.2. The number of hydrogen-bond acceptors (Lipinski definition) is 6. The third-order valence-electron chi connectivity index (χ3n) is 7.92. The summed E-state index contributed by atoms with van der Waals surface area (Å²) in [5, 5.41) is 13.5. The van der Waals surface area contributed by atoms with E-state index < -0.39 is 28.5 Å². The van der Waals surface area contributed by atoms with Gasteiger partial charge in [-0.05, 0) is 67.1 Å². The number of ether oxygens (including phenoxy) is 1. The number of unbranched alkanes of at least 4 members (excludes halogenated alkanes) is 1. The molecule has 0 aromatic heterocycles. The summed E-state index contributed by atoms with van der Waals surface area (Å²) in [4.78, 5) is 31.8. The first-order valence-corrected chi connectivity index (χ1v) is 15.4. The Morgan fingerprint density at radius 3 is 2.15 bits per heavy atom. The van der Waals surface area contributed by atoms with Crippen LogP contribution >= 0.6 is 12.4 Å². The minimum atomic E-state index is -1.02. The number of hydrogen-bond donors (Lipinski definition) is 2. The molecule has 40 heavy (non-hydrogen) atoms. The van der Waals surface area contributed by atoms with Crippen molar-refractivity contribution in [1.29, 1.82) is 0 Å². The summed E-state index contributed by atoms with van der Waals surface area (Å²) < 4.78 is 17.5. The second-order valence-corrected chi connectivity index (χ2v) is 12.4. The number of nitrogens with zero attached hydrogens (tertiary/aromatic N) is 2. The van der Waals surface area contributed by atoms with Crippen molar-refractivity contribution in [3.8, 4) is 11.5 Å². The summed E-state index contributed by atoms with van der Waals surface area (Å²) in [7, 11) is -1.02. The van der Waals surface area contributed by atoms with Gasteiger partial charge < -0.3 is 20.1 Å². The molecule has 1 unspecified atom stereocenters. The fourth-order valence-corrected chi connectivity index (χ4v) is 5.95. The predicted octanol–water partition coefficient (Wildman–Crippen LogP) is 4.12. The lowest BCUT2D eigenvalue weighted by Crippen LogP contribution is -2.74. The van der Waals surface area contributed by atoms with E-state index in [1.165, 1.54) is 0 Å².